The fraction of sp³-hybridized carbons (Fsp3) is 0. The minimum atomic E-state index is 1.01. The third-order valence-electron chi connectivity index (χ3n) is 6.63. The molecule has 0 amide bonds. The van der Waals surface area contributed by atoms with E-state index >= 15 is 0 Å². The molecule has 0 unspecified atom stereocenters. The van der Waals surface area contributed by atoms with Crippen LogP contribution in [0, 0.1) is 0 Å². The smallest absolute Gasteiger partial charge is 0.0788 e. The fourth-order valence-corrected chi connectivity index (χ4v) is 5.36. The molecule has 160 valence electrons. The Morgan fingerprint density at radius 3 is 2.06 bits per heavy atom. The molecule has 0 atom stereocenters. The Bertz CT molecular complexity index is 1850. The van der Waals surface area contributed by atoms with Crippen LogP contribution in [0.3, 0.4) is 0 Å². The second-order valence-corrected chi connectivity index (χ2v) is 9.50. The van der Waals surface area contributed by atoms with Gasteiger partial charge in [0.2, 0.25) is 0 Å². The number of para-hydroxylation sites is 3. The molecular weight excluding hydrogens is 480 g/mol. The van der Waals surface area contributed by atoms with Gasteiger partial charge in [0, 0.05) is 37.3 Å². The molecule has 2 nitrogen and oxygen atoms in total. The number of aromatic nitrogens is 2. The Morgan fingerprint density at radius 2 is 1.24 bits per heavy atom. The maximum Gasteiger partial charge on any atom is 0.0788 e. The predicted molar refractivity (Wildman–Crippen MR) is 147 cm³/mol. The second-order valence-electron chi connectivity index (χ2n) is 8.59. The maximum atomic E-state index is 5.13. The van der Waals surface area contributed by atoms with Crippen molar-refractivity contribution in [2.75, 3.05) is 0 Å². The van der Waals surface area contributed by atoms with Gasteiger partial charge in [-0.25, -0.2) is 4.98 Å². The van der Waals surface area contributed by atoms with Crippen LogP contribution in [0.2, 0.25) is 0 Å². The standard InChI is InChI=1S/C31H19BrN2/c32-21-16-14-20(15-17-21)31-27-18-26-24-11-5-7-13-29(24)34(22-8-2-1-3-9-22)30(26)19-25(27)23-10-4-6-12-28(23)33-31/h1-19H. The highest BCUT2D eigenvalue weighted by Crippen LogP contribution is 2.39. The van der Waals surface area contributed by atoms with Crippen molar-refractivity contribution in [1.29, 1.82) is 0 Å². The van der Waals surface area contributed by atoms with Gasteiger partial charge in [0.05, 0.1) is 22.2 Å². The first-order chi connectivity index (χ1) is 16.8. The van der Waals surface area contributed by atoms with E-state index in [4.69, 9.17) is 4.98 Å². The van der Waals surface area contributed by atoms with Crippen molar-refractivity contribution in [3.05, 3.63) is 120 Å². The minimum absolute atomic E-state index is 1.01. The molecule has 0 aliphatic carbocycles. The molecule has 3 heteroatoms. The van der Waals surface area contributed by atoms with Crippen LogP contribution >= 0.6 is 15.9 Å². The molecule has 7 rings (SSSR count). The van der Waals surface area contributed by atoms with E-state index < -0.39 is 0 Å². The zero-order chi connectivity index (χ0) is 22.6. The molecule has 2 heterocycles. The summed E-state index contributed by atoms with van der Waals surface area (Å²) < 4.78 is 3.44. The molecule has 0 fully saturated rings. The molecule has 0 aliphatic heterocycles. The van der Waals surface area contributed by atoms with Gasteiger partial charge in [0.1, 0.15) is 0 Å². The summed E-state index contributed by atoms with van der Waals surface area (Å²) in [6, 6.07) is 40.8. The normalized spacial score (nSPS) is 11.7. The molecule has 0 radical (unpaired) electrons. The number of benzene rings is 5. The molecule has 2 aromatic heterocycles. The summed E-state index contributed by atoms with van der Waals surface area (Å²) in [6.07, 6.45) is 0. The van der Waals surface area contributed by atoms with Crippen LogP contribution in [0.25, 0.3) is 60.4 Å². The Balaban J connectivity index is 1.69. The van der Waals surface area contributed by atoms with E-state index in [1.54, 1.807) is 0 Å². The highest BCUT2D eigenvalue weighted by molar-refractivity contribution is 9.10. The zero-order valence-corrected chi connectivity index (χ0v) is 19.8. The Morgan fingerprint density at radius 1 is 0.529 bits per heavy atom. The predicted octanol–water partition coefficient (Wildman–Crippen LogP) is 8.91. The van der Waals surface area contributed by atoms with E-state index in [1.807, 2.05) is 0 Å². The van der Waals surface area contributed by atoms with E-state index in [9.17, 15) is 0 Å². The number of rotatable bonds is 2. The van der Waals surface area contributed by atoms with Crippen molar-refractivity contribution in [2.24, 2.45) is 0 Å². The van der Waals surface area contributed by atoms with Crippen molar-refractivity contribution < 1.29 is 0 Å². The lowest BCUT2D eigenvalue weighted by Gasteiger charge is -2.12. The number of pyridine rings is 1. The third-order valence-corrected chi connectivity index (χ3v) is 7.15. The number of halogens is 1. The van der Waals surface area contributed by atoms with Crippen LogP contribution in [0.15, 0.2) is 120 Å². The first-order valence-electron chi connectivity index (χ1n) is 11.3. The summed E-state index contributed by atoms with van der Waals surface area (Å²) in [5, 5.41) is 6.05. The lowest BCUT2D eigenvalue weighted by Crippen LogP contribution is -1.94. The van der Waals surface area contributed by atoms with Crippen LogP contribution in [0.4, 0.5) is 0 Å². The number of nitrogens with zero attached hydrogens (tertiary/aromatic N) is 2. The first-order valence-corrected chi connectivity index (χ1v) is 12.1. The van der Waals surface area contributed by atoms with E-state index in [2.05, 4.69) is 136 Å². The van der Waals surface area contributed by atoms with Gasteiger partial charge in [-0.2, -0.15) is 0 Å². The van der Waals surface area contributed by atoms with Gasteiger partial charge < -0.3 is 4.57 Å². The molecule has 0 saturated carbocycles. The summed E-state index contributed by atoms with van der Waals surface area (Å²) in [5.74, 6) is 0. The first kappa shape index (κ1) is 19.5. The molecule has 5 aromatic carbocycles. The van der Waals surface area contributed by atoms with E-state index in [1.165, 1.54) is 43.7 Å². The van der Waals surface area contributed by atoms with Gasteiger partial charge in [0.15, 0.2) is 0 Å². The summed E-state index contributed by atoms with van der Waals surface area (Å²) >= 11 is 3.57. The van der Waals surface area contributed by atoms with Gasteiger partial charge >= 0.3 is 0 Å². The van der Waals surface area contributed by atoms with Gasteiger partial charge in [-0.05, 0) is 53.9 Å². The quantitative estimate of drug-likeness (QED) is 0.217. The highest BCUT2D eigenvalue weighted by Gasteiger charge is 2.17. The summed E-state index contributed by atoms with van der Waals surface area (Å²) in [5.41, 5.74) is 6.72. The van der Waals surface area contributed by atoms with Gasteiger partial charge in [-0.15, -0.1) is 0 Å². The molecule has 0 spiro atoms. The van der Waals surface area contributed by atoms with Crippen molar-refractivity contribution >= 4 is 59.4 Å². The van der Waals surface area contributed by atoms with Gasteiger partial charge in [0.25, 0.3) is 0 Å². The number of hydrogen-bond donors (Lipinski definition) is 0. The van der Waals surface area contributed by atoms with E-state index in [0.29, 0.717) is 0 Å². The largest absolute Gasteiger partial charge is 0.309 e. The van der Waals surface area contributed by atoms with Crippen LogP contribution in [-0.4, -0.2) is 9.55 Å². The molecular formula is C31H19BrN2. The lowest BCUT2D eigenvalue weighted by atomic mass is 9.98. The zero-order valence-electron chi connectivity index (χ0n) is 18.2. The average molecular weight is 499 g/mol. The molecule has 7 aromatic rings. The Labute approximate surface area is 205 Å². The van der Waals surface area contributed by atoms with Crippen LogP contribution in [0.5, 0.6) is 0 Å². The summed E-state index contributed by atoms with van der Waals surface area (Å²) in [7, 11) is 0. The van der Waals surface area contributed by atoms with Crippen LogP contribution in [0.1, 0.15) is 0 Å². The second kappa shape index (κ2) is 7.54. The topological polar surface area (TPSA) is 17.8 Å². The number of hydrogen-bond acceptors (Lipinski definition) is 1. The Kier molecular flexibility index (Phi) is 4.33. The SMILES string of the molecule is Brc1ccc(-c2nc3ccccc3c3cc4c(cc23)c2ccccc2n4-c2ccccc2)cc1. The molecule has 0 saturated heterocycles. The van der Waals surface area contributed by atoms with Gasteiger partial charge in [-0.1, -0.05) is 82.7 Å². The van der Waals surface area contributed by atoms with Crippen molar-refractivity contribution in [1.82, 2.24) is 9.55 Å². The summed E-state index contributed by atoms with van der Waals surface area (Å²) in [4.78, 5) is 5.13. The minimum Gasteiger partial charge on any atom is -0.309 e. The lowest BCUT2D eigenvalue weighted by molar-refractivity contribution is 1.18. The summed E-state index contributed by atoms with van der Waals surface area (Å²) in [6.45, 7) is 0. The molecule has 0 aliphatic rings. The van der Waals surface area contributed by atoms with Crippen LogP contribution < -0.4 is 0 Å². The third kappa shape index (κ3) is 2.91. The van der Waals surface area contributed by atoms with E-state index in [-0.39, 0.29) is 0 Å². The van der Waals surface area contributed by atoms with Crippen molar-refractivity contribution in [3.63, 3.8) is 0 Å². The van der Waals surface area contributed by atoms with Crippen LogP contribution in [-0.2, 0) is 0 Å². The van der Waals surface area contributed by atoms with Crippen molar-refractivity contribution in [2.45, 2.75) is 0 Å². The number of fused-ring (bicyclic) bond motifs is 6. The molecule has 0 bridgehead atoms. The average Bonchev–Trinajstić information content (AvgIpc) is 3.21. The fourth-order valence-electron chi connectivity index (χ4n) is 5.10. The van der Waals surface area contributed by atoms with Crippen molar-refractivity contribution in [3.8, 4) is 16.9 Å². The highest BCUT2D eigenvalue weighted by atomic mass is 79.9. The molecule has 0 N–H and O–H groups in total. The van der Waals surface area contributed by atoms with E-state index in [0.717, 1.165) is 21.2 Å². The molecule has 34 heavy (non-hydrogen) atoms. The maximum absolute atomic E-state index is 5.13. The Hall–Kier alpha value is -3.95. The van der Waals surface area contributed by atoms with Gasteiger partial charge in [-0.3, -0.25) is 0 Å². The monoisotopic (exact) mass is 498 g/mol.